The second-order valence-electron chi connectivity index (χ2n) is 5.77. The number of aromatic carboxylic acids is 1. The van der Waals surface area contributed by atoms with Gasteiger partial charge >= 0.3 is 5.97 Å². The molecule has 0 fully saturated rings. The molecule has 0 amide bonds. The van der Waals surface area contributed by atoms with Crippen LogP contribution in [0.4, 0.5) is 5.69 Å². The van der Waals surface area contributed by atoms with Gasteiger partial charge in [0.1, 0.15) is 0 Å². The summed E-state index contributed by atoms with van der Waals surface area (Å²) in [6.07, 6.45) is 0. The Bertz CT molecular complexity index is 902. The fourth-order valence-corrected chi connectivity index (χ4v) is 4.00. The number of sulfonamides is 1. The number of nitrogens with zero attached hydrogens (tertiary/aromatic N) is 1. The van der Waals surface area contributed by atoms with Gasteiger partial charge in [-0.25, -0.2) is 13.2 Å². The average Bonchev–Trinajstić information content (AvgIpc) is 2.67. The molecule has 0 spiro atoms. The van der Waals surface area contributed by atoms with Gasteiger partial charge in [0.2, 0.25) is 10.0 Å². The molecule has 2 rings (SSSR count). The van der Waals surface area contributed by atoms with E-state index in [2.05, 4.69) is 5.32 Å². The largest absolute Gasteiger partial charge is 0.478 e. The van der Waals surface area contributed by atoms with E-state index in [1.54, 1.807) is 26.0 Å². The van der Waals surface area contributed by atoms with Crippen molar-refractivity contribution in [3.63, 3.8) is 0 Å². The van der Waals surface area contributed by atoms with E-state index in [9.17, 15) is 18.0 Å². The molecule has 7 nitrogen and oxygen atoms in total. The van der Waals surface area contributed by atoms with Crippen LogP contribution in [0, 0.1) is 0 Å². The summed E-state index contributed by atoms with van der Waals surface area (Å²) in [5.41, 5.74) is 1.18. The van der Waals surface area contributed by atoms with E-state index in [4.69, 9.17) is 5.11 Å². The molecule has 0 aromatic heterocycles. The number of carboxylic acids is 1. The Labute approximate surface area is 158 Å². The molecule has 0 unspecified atom stereocenters. The summed E-state index contributed by atoms with van der Waals surface area (Å²) in [6.45, 7) is 4.31. The highest BCUT2D eigenvalue weighted by Gasteiger charge is 2.21. The lowest BCUT2D eigenvalue weighted by atomic mass is 10.1. The maximum absolute atomic E-state index is 12.4. The van der Waals surface area contributed by atoms with Crippen molar-refractivity contribution in [3.05, 3.63) is 59.7 Å². The van der Waals surface area contributed by atoms with Crippen molar-refractivity contribution in [2.24, 2.45) is 0 Å². The van der Waals surface area contributed by atoms with Crippen LogP contribution in [-0.2, 0) is 10.0 Å². The Morgan fingerprint density at radius 3 is 1.93 bits per heavy atom. The number of hydrogen-bond acceptors (Lipinski definition) is 5. The topological polar surface area (TPSA) is 104 Å². The zero-order valence-corrected chi connectivity index (χ0v) is 16.0. The lowest BCUT2D eigenvalue weighted by molar-refractivity contribution is 0.0696. The highest BCUT2D eigenvalue weighted by molar-refractivity contribution is 7.89. The summed E-state index contributed by atoms with van der Waals surface area (Å²) in [6, 6.07) is 11.9. The summed E-state index contributed by atoms with van der Waals surface area (Å²) in [5, 5.41) is 11.8. The smallest absolute Gasteiger partial charge is 0.335 e. The number of hydrogen-bond donors (Lipinski definition) is 2. The maximum atomic E-state index is 12.4. The van der Waals surface area contributed by atoms with Crippen molar-refractivity contribution < 1.29 is 23.1 Å². The van der Waals surface area contributed by atoms with Crippen molar-refractivity contribution in [2.45, 2.75) is 18.7 Å². The maximum Gasteiger partial charge on any atom is 0.335 e. The van der Waals surface area contributed by atoms with E-state index in [1.807, 2.05) is 0 Å². The van der Waals surface area contributed by atoms with Crippen LogP contribution < -0.4 is 5.32 Å². The molecule has 0 radical (unpaired) electrons. The van der Waals surface area contributed by atoms with Gasteiger partial charge in [0, 0.05) is 24.3 Å². The first-order chi connectivity index (χ1) is 12.8. The summed E-state index contributed by atoms with van der Waals surface area (Å²) in [7, 11) is -3.55. The van der Waals surface area contributed by atoms with E-state index in [1.165, 1.54) is 40.7 Å². The third-order valence-electron chi connectivity index (χ3n) is 4.10. The Morgan fingerprint density at radius 1 is 0.926 bits per heavy atom. The lowest BCUT2D eigenvalue weighted by Crippen LogP contribution is -2.30. The molecule has 27 heavy (non-hydrogen) atoms. The number of benzene rings is 2. The molecule has 2 aromatic rings. The number of nitrogens with one attached hydrogen (secondary N) is 1. The van der Waals surface area contributed by atoms with Crippen LogP contribution in [0.15, 0.2) is 53.4 Å². The summed E-state index contributed by atoms with van der Waals surface area (Å²) in [5.74, 6) is -1.22. The van der Waals surface area contributed by atoms with Gasteiger partial charge in [-0.15, -0.1) is 0 Å². The van der Waals surface area contributed by atoms with Crippen molar-refractivity contribution in [3.8, 4) is 0 Å². The third-order valence-corrected chi connectivity index (χ3v) is 6.17. The van der Waals surface area contributed by atoms with Crippen molar-refractivity contribution >= 4 is 27.5 Å². The van der Waals surface area contributed by atoms with Gasteiger partial charge in [0.15, 0.2) is 5.78 Å². The predicted molar refractivity (Wildman–Crippen MR) is 103 cm³/mol. The summed E-state index contributed by atoms with van der Waals surface area (Å²) >= 11 is 0. The predicted octanol–water partition coefficient (Wildman–Crippen LogP) is 2.71. The Kier molecular flexibility index (Phi) is 6.70. The fourth-order valence-electron chi connectivity index (χ4n) is 2.54. The van der Waals surface area contributed by atoms with E-state index in [0.717, 1.165) is 0 Å². The van der Waals surface area contributed by atoms with Crippen molar-refractivity contribution in [1.82, 2.24) is 4.31 Å². The fraction of sp³-hybridized carbons (Fsp3) is 0.263. The normalized spacial score (nSPS) is 11.4. The van der Waals surface area contributed by atoms with Crippen LogP contribution in [0.5, 0.6) is 0 Å². The Morgan fingerprint density at radius 2 is 1.44 bits per heavy atom. The second-order valence-corrected chi connectivity index (χ2v) is 7.71. The lowest BCUT2D eigenvalue weighted by Gasteiger charge is -2.18. The monoisotopic (exact) mass is 390 g/mol. The first kappa shape index (κ1) is 20.6. The van der Waals surface area contributed by atoms with Crippen LogP contribution in [0.2, 0.25) is 0 Å². The highest BCUT2D eigenvalue weighted by Crippen LogP contribution is 2.17. The van der Waals surface area contributed by atoms with Crippen LogP contribution in [0.1, 0.15) is 34.6 Å². The zero-order chi connectivity index (χ0) is 20.0. The molecule has 2 aromatic carbocycles. The van der Waals surface area contributed by atoms with Gasteiger partial charge in [-0.05, 0) is 48.5 Å². The van der Waals surface area contributed by atoms with Gasteiger partial charge in [0.05, 0.1) is 17.0 Å². The van der Waals surface area contributed by atoms with Crippen LogP contribution in [0.25, 0.3) is 0 Å². The quantitative estimate of drug-likeness (QED) is 0.638. The van der Waals surface area contributed by atoms with E-state index < -0.39 is 16.0 Å². The number of carbonyl (C=O) groups is 2. The standard InChI is InChI=1S/C19H22N2O5S/c1-3-21(4-2)27(25,26)17-11-7-14(8-12-17)18(22)13-20-16-9-5-15(6-10-16)19(23)24/h5-12,20H,3-4,13H2,1-2H3,(H,23,24). The van der Waals surface area contributed by atoms with Crippen molar-refractivity contribution in [2.75, 3.05) is 25.0 Å². The molecule has 8 heteroatoms. The molecule has 0 aliphatic rings. The van der Waals surface area contributed by atoms with Crippen LogP contribution in [0.3, 0.4) is 0 Å². The second kappa shape index (κ2) is 8.79. The Balaban J connectivity index is 2.04. The van der Waals surface area contributed by atoms with Gasteiger partial charge in [-0.2, -0.15) is 4.31 Å². The van der Waals surface area contributed by atoms with Gasteiger partial charge in [-0.1, -0.05) is 13.8 Å². The summed E-state index contributed by atoms with van der Waals surface area (Å²) < 4.78 is 26.3. The Hall–Kier alpha value is -2.71. The number of anilines is 1. The number of ketones is 1. The molecule has 0 heterocycles. The first-order valence-corrected chi connectivity index (χ1v) is 9.94. The zero-order valence-electron chi connectivity index (χ0n) is 15.2. The molecule has 144 valence electrons. The number of carboxylic acid groups (broad SMARTS) is 1. The molecule has 0 aliphatic heterocycles. The van der Waals surface area contributed by atoms with E-state index >= 15 is 0 Å². The molecular weight excluding hydrogens is 368 g/mol. The molecule has 0 bridgehead atoms. The minimum atomic E-state index is -3.55. The number of carbonyl (C=O) groups excluding carboxylic acids is 1. The van der Waals surface area contributed by atoms with E-state index in [-0.39, 0.29) is 22.8 Å². The molecule has 0 aliphatic carbocycles. The van der Waals surface area contributed by atoms with E-state index in [0.29, 0.717) is 24.3 Å². The van der Waals surface area contributed by atoms with Crippen molar-refractivity contribution in [1.29, 1.82) is 0 Å². The molecule has 2 N–H and O–H groups in total. The number of rotatable bonds is 9. The average molecular weight is 390 g/mol. The van der Waals surface area contributed by atoms with Gasteiger partial charge in [-0.3, -0.25) is 4.79 Å². The van der Waals surface area contributed by atoms with Gasteiger partial charge in [0.25, 0.3) is 0 Å². The highest BCUT2D eigenvalue weighted by atomic mass is 32.2. The van der Waals surface area contributed by atoms with Crippen LogP contribution >= 0.6 is 0 Å². The molecular formula is C19H22N2O5S. The SMILES string of the molecule is CCN(CC)S(=O)(=O)c1ccc(C(=O)CNc2ccc(C(=O)O)cc2)cc1. The van der Waals surface area contributed by atoms with Gasteiger partial charge < -0.3 is 10.4 Å². The first-order valence-electron chi connectivity index (χ1n) is 8.50. The molecule has 0 saturated carbocycles. The third kappa shape index (κ3) is 4.93. The molecule has 0 atom stereocenters. The number of Topliss-reactive ketones (excluding diaryl/α,β-unsaturated/α-hetero) is 1. The molecule has 0 saturated heterocycles. The summed E-state index contributed by atoms with van der Waals surface area (Å²) in [4.78, 5) is 23.3. The minimum absolute atomic E-state index is 0.00849. The van der Waals surface area contributed by atoms with Crippen LogP contribution in [-0.4, -0.2) is 49.2 Å². The minimum Gasteiger partial charge on any atom is -0.478 e.